The minimum Gasteiger partial charge on any atom is -0.469 e. The lowest BCUT2D eigenvalue weighted by molar-refractivity contribution is -0.141. The summed E-state index contributed by atoms with van der Waals surface area (Å²) in [6.07, 6.45) is 4.07. The summed E-state index contributed by atoms with van der Waals surface area (Å²) < 4.78 is 4.77. The fraction of sp³-hybridized carbons (Fsp3) is 0.273. The maximum absolute atomic E-state index is 12.2. The van der Waals surface area contributed by atoms with Crippen LogP contribution in [0.15, 0.2) is 66.0 Å². The number of methoxy groups -OCH3 is 1. The third-order valence-electron chi connectivity index (χ3n) is 4.90. The standard InChI is InChI=1S/C22H23NO3/c1-15-22(16(2)24)18(13-21(25)26-3)11-12-23(15)14-19-9-6-8-17-7-4-5-10-20(17)19/h4-12,18H,13-14H2,1-3H3. The van der Waals surface area contributed by atoms with Crippen LogP contribution in [0.25, 0.3) is 10.8 Å². The summed E-state index contributed by atoms with van der Waals surface area (Å²) in [6, 6.07) is 14.5. The first-order valence-corrected chi connectivity index (χ1v) is 8.71. The predicted octanol–water partition coefficient (Wildman–Crippen LogP) is 4.21. The van der Waals surface area contributed by atoms with Gasteiger partial charge in [-0.25, -0.2) is 0 Å². The third kappa shape index (κ3) is 3.54. The minimum absolute atomic E-state index is 0.0105. The molecule has 0 saturated carbocycles. The molecule has 0 aromatic heterocycles. The molecule has 134 valence electrons. The monoisotopic (exact) mass is 349 g/mol. The van der Waals surface area contributed by atoms with Crippen LogP contribution in [0.2, 0.25) is 0 Å². The van der Waals surface area contributed by atoms with Crippen molar-refractivity contribution in [3.8, 4) is 0 Å². The zero-order chi connectivity index (χ0) is 18.7. The highest BCUT2D eigenvalue weighted by molar-refractivity contribution is 5.95. The van der Waals surface area contributed by atoms with Crippen molar-refractivity contribution < 1.29 is 14.3 Å². The Morgan fingerprint density at radius 1 is 1.12 bits per heavy atom. The number of fused-ring (bicyclic) bond motifs is 1. The van der Waals surface area contributed by atoms with Crippen molar-refractivity contribution in [3.05, 3.63) is 71.6 Å². The summed E-state index contributed by atoms with van der Waals surface area (Å²) >= 11 is 0. The summed E-state index contributed by atoms with van der Waals surface area (Å²) in [5.74, 6) is -0.555. The van der Waals surface area contributed by atoms with Crippen molar-refractivity contribution in [1.29, 1.82) is 0 Å². The van der Waals surface area contributed by atoms with Crippen LogP contribution in [0.1, 0.15) is 25.8 Å². The number of ether oxygens (including phenoxy) is 1. The molecule has 0 saturated heterocycles. The van der Waals surface area contributed by atoms with Gasteiger partial charge in [0.2, 0.25) is 0 Å². The Balaban J connectivity index is 1.92. The molecule has 0 fully saturated rings. The number of carbonyl (C=O) groups excluding carboxylic acids is 2. The second-order valence-electron chi connectivity index (χ2n) is 6.55. The topological polar surface area (TPSA) is 46.6 Å². The predicted molar refractivity (Wildman–Crippen MR) is 102 cm³/mol. The van der Waals surface area contributed by atoms with Crippen LogP contribution in [0.4, 0.5) is 0 Å². The first-order valence-electron chi connectivity index (χ1n) is 8.71. The summed E-state index contributed by atoms with van der Waals surface area (Å²) in [7, 11) is 1.37. The van der Waals surface area contributed by atoms with E-state index in [1.807, 2.05) is 31.3 Å². The van der Waals surface area contributed by atoms with E-state index in [9.17, 15) is 9.59 Å². The highest BCUT2D eigenvalue weighted by Crippen LogP contribution is 2.31. The van der Waals surface area contributed by atoms with Crippen molar-refractivity contribution >= 4 is 22.5 Å². The van der Waals surface area contributed by atoms with Gasteiger partial charge in [-0.15, -0.1) is 0 Å². The third-order valence-corrected chi connectivity index (χ3v) is 4.90. The summed E-state index contributed by atoms with van der Waals surface area (Å²) in [4.78, 5) is 26.0. The van der Waals surface area contributed by atoms with Crippen LogP contribution in [-0.2, 0) is 20.9 Å². The van der Waals surface area contributed by atoms with Gasteiger partial charge in [0.1, 0.15) is 0 Å². The number of allylic oxidation sites excluding steroid dienone is 3. The highest BCUT2D eigenvalue weighted by Gasteiger charge is 2.27. The van der Waals surface area contributed by atoms with Gasteiger partial charge in [-0.05, 0) is 30.2 Å². The molecule has 1 unspecified atom stereocenters. The molecular weight excluding hydrogens is 326 g/mol. The van der Waals surface area contributed by atoms with E-state index < -0.39 is 0 Å². The smallest absolute Gasteiger partial charge is 0.306 e. The molecule has 3 rings (SSSR count). The van der Waals surface area contributed by atoms with Crippen LogP contribution in [0.3, 0.4) is 0 Å². The summed E-state index contributed by atoms with van der Waals surface area (Å²) in [5.41, 5.74) is 2.77. The molecule has 0 bridgehead atoms. The summed E-state index contributed by atoms with van der Waals surface area (Å²) in [6.45, 7) is 4.17. The molecule has 0 radical (unpaired) electrons. The number of Topliss-reactive ketones (excluding diaryl/α,β-unsaturated/α-hetero) is 1. The van der Waals surface area contributed by atoms with Gasteiger partial charge in [-0.1, -0.05) is 48.5 Å². The molecule has 1 heterocycles. The van der Waals surface area contributed by atoms with E-state index in [1.54, 1.807) is 6.92 Å². The number of hydrogen-bond acceptors (Lipinski definition) is 4. The Kier molecular flexibility index (Phi) is 5.21. The van der Waals surface area contributed by atoms with Gasteiger partial charge in [0.25, 0.3) is 0 Å². The number of carbonyl (C=O) groups is 2. The minimum atomic E-state index is -0.311. The van der Waals surface area contributed by atoms with Crippen LogP contribution in [0.5, 0.6) is 0 Å². The molecule has 0 N–H and O–H groups in total. The Morgan fingerprint density at radius 2 is 1.85 bits per heavy atom. The normalized spacial score (nSPS) is 16.9. The second kappa shape index (κ2) is 7.56. The molecule has 0 spiro atoms. The quantitative estimate of drug-likeness (QED) is 0.759. The Labute approximate surface area is 153 Å². The van der Waals surface area contributed by atoms with Gasteiger partial charge < -0.3 is 9.64 Å². The van der Waals surface area contributed by atoms with Gasteiger partial charge >= 0.3 is 5.97 Å². The van der Waals surface area contributed by atoms with Crippen LogP contribution in [0, 0.1) is 5.92 Å². The zero-order valence-corrected chi connectivity index (χ0v) is 15.4. The molecular formula is C22H23NO3. The van der Waals surface area contributed by atoms with E-state index >= 15 is 0 Å². The SMILES string of the molecule is COC(=O)CC1C=CN(Cc2cccc3ccccc23)C(C)=C1C(C)=O. The van der Waals surface area contributed by atoms with E-state index in [0.29, 0.717) is 12.1 Å². The van der Waals surface area contributed by atoms with E-state index in [1.165, 1.54) is 23.4 Å². The molecule has 4 heteroatoms. The molecule has 0 aliphatic carbocycles. The number of hydrogen-bond donors (Lipinski definition) is 0. The van der Waals surface area contributed by atoms with Gasteiger partial charge in [-0.3, -0.25) is 9.59 Å². The Hall–Kier alpha value is -2.88. The zero-order valence-electron chi connectivity index (χ0n) is 15.4. The Bertz CT molecular complexity index is 905. The molecule has 1 aliphatic heterocycles. The Morgan fingerprint density at radius 3 is 2.58 bits per heavy atom. The summed E-state index contributed by atoms with van der Waals surface area (Å²) in [5, 5.41) is 2.40. The molecule has 2 aromatic rings. The number of benzene rings is 2. The van der Waals surface area contributed by atoms with E-state index in [-0.39, 0.29) is 24.1 Å². The van der Waals surface area contributed by atoms with Crippen LogP contribution in [-0.4, -0.2) is 23.8 Å². The lowest BCUT2D eigenvalue weighted by Crippen LogP contribution is -2.27. The maximum atomic E-state index is 12.2. The average molecular weight is 349 g/mol. The molecule has 1 aliphatic rings. The van der Waals surface area contributed by atoms with Crippen molar-refractivity contribution in [2.24, 2.45) is 5.92 Å². The van der Waals surface area contributed by atoms with Gasteiger partial charge in [0.15, 0.2) is 5.78 Å². The van der Waals surface area contributed by atoms with E-state index in [0.717, 1.165) is 5.70 Å². The number of esters is 1. The van der Waals surface area contributed by atoms with Crippen molar-refractivity contribution in [3.63, 3.8) is 0 Å². The van der Waals surface area contributed by atoms with Gasteiger partial charge in [0.05, 0.1) is 13.5 Å². The maximum Gasteiger partial charge on any atom is 0.306 e. The second-order valence-corrected chi connectivity index (χ2v) is 6.55. The van der Waals surface area contributed by atoms with Gasteiger partial charge in [-0.2, -0.15) is 0 Å². The van der Waals surface area contributed by atoms with Gasteiger partial charge in [0, 0.05) is 29.9 Å². The van der Waals surface area contributed by atoms with Crippen molar-refractivity contribution in [1.82, 2.24) is 4.90 Å². The lowest BCUT2D eigenvalue weighted by Gasteiger charge is -2.31. The largest absolute Gasteiger partial charge is 0.469 e. The van der Waals surface area contributed by atoms with E-state index in [4.69, 9.17) is 4.74 Å². The first kappa shape index (κ1) is 17.9. The van der Waals surface area contributed by atoms with E-state index in [2.05, 4.69) is 35.2 Å². The van der Waals surface area contributed by atoms with Crippen LogP contribution < -0.4 is 0 Å². The first-order chi connectivity index (χ1) is 12.5. The molecule has 4 nitrogen and oxygen atoms in total. The number of nitrogens with zero attached hydrogens (tertiary/aromatic N) is 1. The van der Waals surface area contributed by atoms with Crippen molar-refractivity contribution in [2.45, 2.75) is 26.8 Å². The fourth-order valence-corrected chi connectivity index (χ4v) is 3.57. The lowest BCUT2D eigenvalue weighted by atomic mass is 9.88. The molecule has 2 aromatic carbocycles. The molecule has 1 atom stereocenters. The molecule has 26 heavy (non-hydrogen) atoms. The van der Waals surface area contributed by atoms with Crippen molar-refractivity contribution in [2.75, 3.05) is 7.11 Å². The molecule has 0 amide bonds. The fourth-order valence-electron chi connectivity index (χ4n) is 3.57. The van der Waals surface area contributed by atoms with Crippen LogP contribution >= 0.6 is 0 Å². The number of rotatable bonds is 5. The number of ketones is 1. The highest BCUT2D eigenvalue weighted by atomic mass is 16.5. The average Bonchev–Trinajstić information content (AvgIpc) is 2.63.